The van der Waals surface area contributed by atoms with E-state index in [-0.39, 0.29) is 24.1 Å². The summed E-state index contributed by atoms with van der Waals surface area (Å²) in [5.41, 5.74) is 0.552. The quantitative estimate of drug-likeness (QED) is 0.436. The number of aliphatic imine (C=N–C) groups is 1. The van der Waals surface area contributed by atoms with Gasteiger partial charge in [-0.3, -0.25) is 9.89 Å². The molecule has 2 N–H and O–H groups in total. The van der Waals surface area contributed by atoms with Crippen molar-refractivity contribution in [3.8, 4) is 11.5 Å². The molecule has 1 aromatic heterocycles. The molecule has 0 aliphatic carbocycles. The van der Waals surface area contributed by atoms with Crippen molar-refractivity contribution in [3.05, 3.63) is 47.9 Å². The summed E-state index contributed by atoms with van der Waals surface area (Å²) in [4.78, 5) is 6.65. The van der Waals surface area contributed by atoms with Gasteiger partial charge in [0.15, 0.2) is 17.5 Å². The molecule has 1 saturated heterocycles. The van der Waals surface area contributed by atoms with Gasteiger partial charge < -0.3 is 24.5 Å². The average molecular weight is 437 g/mol. The Morgan fingerprint density at radius 2 is 2.00 bits per heavy atom. The van der Waals surface area contributed by atoms with Gasteiger partial charge in [0.25, 0.3) is 0 Å². The second-order valence-corrected chi connectivity index (χ2v) is 7.14. The summed E-state index contributed by atoms with van der Waals surface area (Å²) in [7, 11) is 1.67. The molecule has 0 bridgehead atoms. The Morgan fingerprint density at radius 1 is 1.19 bits per heavy atom. The van der Waals surface area contributed by atoms with E-state index in [1.54, 1.807) is 38.4 Å². The largest absolute Gasteiger partial charge is 0.490 e. The monoisotopic (exact) mass is 436 g/mol. The lowest BCUT2D eigenvalue weighted by molar-refractivity contribution is -0.0520. The van der Waals surface area contributed by atoms with Crippen LogP contribution in [-0.4, -0.2) is 50.8 Å². The van der Waals surface area contributed by atoms with Crippen molar-refractivity contribution in [3.63, 3.8) is 0 Å². The molecule has 7 nitrogen and oxygen atoms in total. The van der Waals surface area contributed by atoms with Gasteiger partial charge in [-0.2, -0.15) is 8.78 Å². The number of nitrogens with zero attached hydrogens (tertiary/aromatic N) is 2. The van der Waals surface area contributed by atoms with E-state index in [2.05, 4.69) is 20.5 Å². The Hall–Kier alpha value is -2.81. The maximum atomic E-state index is 12.9. The van der Waals surface area contributed by atoms with Crippen LogP contribution in [0.25, 0.3) is 0 Å². The van der Waals surface area contributed by atoms with Crippen molar-refractivity contribution >= 4 is 5.96 Å². The summed E-state index contributed by atoms with van der Waals surface area (Å²) in [6.07, 6.45) is 4.03. The highest BCUT2D eigenvalue weighted by Gasteiger charge is 2.25. The van der Waals surface area contributed by atoms with Crippen molar-refractivity contribution in [2.45, 2.75) is 39.0 Å². The SMILES string of the molecule is CCOc1cccc(CNC(=NC)NCC(c2ccco2)N2CCCC2)c1OC(F)F. The molecule has 1 fully saturated rings. The molecule has 1 unspecified atom stereocenters. The third-order valence-electron chi connectivity index (χ3n) is 5.15. The number of ether oxygens (including phenoxy) is 2. The van der Waals surface area contributed by atoms with Crippen molar-refractivity contribution in [1.82, 2.24) is 15.5 Å². The molecule has 2 heterocycles. The summed E-state index contributed by atoms with van der Waals surface area (Å²) in [6.45, 7) is 2.11. The van der Waals surface area contributed by atoms with E-state index in [1.807, 2.05) is 12.1 Å². The highest BCUT2D eigenvalue weighted by atomic mass is 19.3. The first-order valence-corrected chi connectivity index (χ1v) is 10.5. The molecule has 2 aromatic rings. The molecule has 0 spiro atoms. The highest BCUT2D eigenvalue weighted by molar-refractivity contribution is 5.79. The van der Waals surface area contributed by atoms with Gasteiger partial charge in [-0.25, -0.2) is 0 Å². The highest BCUT2D eigenvalue weighted by Crippen LogP contribution is 2.32. The lowest BCUT2D eigenvalue weighted by Gasteiger charge is -2.26. The van der Waals surface area contributed by atoms with Gasteiger partial charge in [-0.1, -0.05) is 12.1 Å². The number of likely N-dealkylation sites (tertiary alicyclic amines) is 1. The van der Waals surface area contributed by atoms with Crippen LogP contribution in [0.15, 0.2) is 46.0 Å². The van der Waals surface area contributed by atoms with Crippen LogP contribution >= 0.6 is 0 Å². The van der Waals surface area contributed by atoms with Crippen LogP contribution in [0.2, 0.25) is 0 Å². The fourth-order valence-corrected chi connectivity index (χ4v) is 3.73. The van der Waals surface area contributed by atoms with E-state index in [0.717, 1.165) is 18.8 Å². The minimum atomic E-state index is -2.94. The summed E-state index contributed by atoms with van der Waals surface area (Å²) in [6, 6.07) is 9.04. The number of guanidine groups is 1. The first-order valence-electron chi connectivity index (χ1n) is 10.5. The van der Waals surface area contributed by atoms with Crippen LogP contribution in [0.4, 0.5) is 8.78 Å². The number of halogens is 2. The molecular formula is C22H30F2N4O3. The molecule has 1 aliphatic rings. The molecule has 1 aromatic carbocycles. The number of nitrogens with one attached hydrogen (secondary N) is 2. The van der Waals surface area contributed by atoms with Crippen molar-refractivity contribution in [1.29, 1.82) is 0 Å². The van der Waals surface area contributed by atoms with Crippen LogP contribution in [0.1, 0.15) is 37.1 Å². The number of benzene rings is 1. The zero-order valence-electron chi connectivity index (χ0n) is 17.9. The maximum Gasteiger partial charge on any atom is 0.387 e. The van der Waals surface area contributed by atoms with Crippen molar-refractivity contribution < 1.29 is 22.7 Å². The van der Waals surface area contributed by atoms with Gasteiger partial charge in [0.2, 0.25) is 0 Å². The van der Waals surface area contributed by atoms with Crippen molar-refractivity contribution in [2.24, 2.45) is 4.99 Å². The van der Waals surface area contributed by atoms with Gasteiger partial charge in [0.1, 0.15) is 5.76 Å². The normalized spacial score (nSPS) is 15.8. The fraction of sp³-hybridized carbons (Fsp3) is 0.500. The molecule has 3 rings (SSSR count). The Labute approximate surface area is 181 Å². The first-order chi connectivity index (χ1) is 15.1. The topological polar surface area (TPSA) is 71.3 Å². The van der Waals surface area contributed by atoms with E-state index in [1.165, 1.54) is 12.8 Å². The standard InChI is InChI=1S/C22H30F2N4O3/c1-3-29-19-9-6-8-16(20(19)31-21(23)24)14-26-22(25-2)27-15-17(18-10-7-13-30-18)28-11-4-5-12-28/h6-10,13,17,21H,3-5,11-12,14-15H2,1-2H3,(H2,25,26,27). The summed E-state index contributed by atoms with van der Waals surface area (Å²) < 4.78 is 41.7. The van der Waals surface area contributed by atoms with Crippen LogP contribution in [0.5, 0.6) is 11.5 Å². The van der Waals surface area contributed by atoms with Crippen LogP contribution in [0, 0.1) is 0 Å². The number of rotatable bonds is 10. The van der Waals surface area contributed by atoms with Crippen molar-refractivity contribution in [2.75, 3.05) is 33.3 Å². The van der Waals surface area contributed by atoms with E-state index in [9.17, 15) is 8.78 Å². The number of furan rings is 1. The van der Waals surface area contributed by atoms with Gasteiger partial charge in [-0.05, 0) is 51.1 Å². The lowest BCUT2D eigenvalue weighted by Crippen LogP contribution is -2.42. The fourth-order valence-electron chi connectivity index (χ4n) is 3.73. The molecule has 1 aliphatic heterocycles. The Bertz CT molecular complexity index is 824. The molecule has 0 amide bonds. The van der Waals surface area contributed by atoms with E-state index in [0.29, 0.717) is 24.7 Å². The van der Waals surface area contributed by atoms with Crippen LogP contribution in [0.3, 0.4) is 0 Å². The smallest absolute Gasteiger partial charge is 0.387 e. The van der Waals surface area contributed by atoms with Gasteiger partial charge in [0.05, 0.1) is 18.9 Å². The van der Waals surface area contributed by atoms with Gasteiger partial charge >= 0.3 is 6.61 Å². The minimum Gasteiger partial charge on any atom is -0.490 e. The van der Waals surface area contributed by atoms with Crippen LogP contribution < -0.4 is 20.1 Å². The number of hydrogen-bond donors (Lipinski definition) is 2. The molecule has 31 heavy (non-hydrogen) atoms. The third kappa shape index (κ3) is 6.33. The molecule has 9 heteroatoms. The minimum absolute atomic E-state index is 0.0350. The molecular weight excluding hydrogens is 406 g/mol. The Morgan fingerprint density at radius 3 is 2.65 bits per heavy atom. The number of alkyl halides is 2. The summed E-state index contributed by atoms with van der Waals surface area (Å²) in [5.74, 6) is 1.78. The molecule has 0 saturated carbocycles. The van der Waals surface area contributed by atoms with E-state index >= 15 is 0 Å². The second kappa shape index (κ2) is 11.5. The predicted octanol–water partition coefficient (Wildman–Crippen LogP) is 3.78. The Kier molecular flexibility index (Phi) is 8.52. The number of hydrogen-bond acceptors (Lipinski definition) is 5. The first kappa shape index (κ1) is 22.9. The van der Waals surface area contributed by atoms with Gasteiger partial charge in [-0.15, -0.1) is 0 Å². The summed E-state index contributed by atoms with van der Waals surface area (Å²) in [5, 5.41) is 6.49. The van der Waals surface area contributed by atoms with E-state index < -0.39 is 6.61 Å². The third-order valence-corrected chi connectivity index (χ3v) is 5.15. The maximum absolute atomic E-state index is 12.9. The lowest BCUT2D eigenvalue weighted by atomic mass is 10.2. The Balaban J connectivity index is 1.64. The molecule has 170 valence electrons. The second-order valence-electron chi connectivity index (χ2n) is 7.14. The zero-order chi connectivity index (χ0) is 22.1. The molecule has 1 atom stereocenters. The zero-order valence-corrected chi connectivity index (χ0v) is 17.9. The average Bonchev–Trinajstić information content (AvgIpc) is 3.47. The van der Waals surface area contributed by atoms with Crippen LogP contribution in [-0.2, 0) is 6.54 Å². The summed E-state index contributed by atoms with van der Waals surface area (Å²) >= 11 is 0. The predicted molar refractivity (Wildman–Crippen MR) is 115 cm³/mol. The molecule has 0 radical (unpaired) electrons. The number of para-hydroxylation sites is 1. The van der Waals surface area contributed by atoms with Gasteiger partial charge in [0, 0.05) is 25.7 Å². The van der Waals surface area contributed by atoms with E-state index in [4.69, 9.17) is 13.9 Å².